The van der Waals surface area contributed by atoms with Crippen molar-refractivity contribution in [2.45, 2.75) is 69.7 Å². The number of hydrogen-bond acceptors (Lipinski definition) is 4. The summed E-state index contributed by atoms with van der Waals surface area (Å²) in [5, 5.41) is 11.2. The third-order valence-electron chi connectivity index (χ3n) is 5.11. The van der Waals surface area contributed by atoms with Gasteiger partial charge in [-0.15, -0.1) is 0 Å². The first kappa shape index (κ1) is 18.9. The number of methoxy groups -OCH3 is 1. The van der Waals surface area contributed by atoms with Crippen molar-refractivity contribution in [2.24, 2.45) is 0 Å². The van der Waals surface area contributed by atoms with Crippen LogP contribution in [0, 0.1) is 11.6 Å². The van der Waals surface area contributed by atoms with Crippen molar-refractivity contribution in [1.82, 2.24) is 4.90 Å². The molecule has 2 fully saturated rings. The first-order chi connectivity index (χ1) is 12.0. The van der Waals surface area contributed by atoms with Gasteiger partial charge in [-0.3, -0.25) is 0 Å². The van der Waals surface area contributed by atoms with Gasteiger partial charge in [0.2, 0.25) is 0 Å². The molecule has 0 radical (unpaired) electrons. The third-order valence-corrected chi connectivity index (χ3v) is 5.11. The molecule has 7 heteroatoms. The van der Waals surface area contributed by atoms with Gasteiger partial charge in [0.05, 0.1) is 12.7 Å². The molecule has 2 atom stereocenters. The van der Waals surface area contributed by atoms with Gasteiger partial charge < -0.3 is 19.5 Å². The molecule has 2 saturated heterocycles. The van der Waals surface area contributed by atoms with Crippen LogP contribution in [0.1, 0.15) is 52.0 Å². The summed E-state index contributed by atoms with van der Waals surface area (Å²) in [6.45, 7) is 5.41. The van der Waals surface area contributed by atoms with Gasteiger partial charge in [0.25, 0.3) is 0 Å². The first-order valence-electron chi connectivity index (χ1n) is 8.81. The van der Waals surface area contributed by atoms with Gasteiger partial charge in [-0.2, -0.15) is 0 Å². The van der Waals surface area contributed by atoms with Gasteiger partial charge in [-0.05, 0) is 39.7 Å². The van der Waals surface area contributed by atoms with Gasteiger partial charge in [0, 0.05) is 36.6 Å². The molecule has 2 heterocycles. The fourth-order valence-electron chi connectivity index (χ4n) is 4.12. The number of nitrogens with zero attached hydrogens (tertiary/aromatic N) is 1. The lowest BCUT2D eigenvalue weighted by Gasteiger charge is -2.44. The predicted molar refractivity (Wildman–Crippen MR) is 90.9 cm³/mol. The summed E-state index contributed by atoms with van der Waals surface area (Å²) in [4.78, 5) is 14.2. The molecule has 0 spiro atoms. The molecule has 0 aromatic heterocycles. The zero-order chi connectivity index (χ0) is 19.3. The maximum Gasteiger partial charge on any atom is 0.410 e. The highest BCUT2D eigenvalue weighted by Gasteiger charge is 2.52. The molecule has 1 aromatic carbocycles. The average Bonchev–Trinajstić information content (AvgIpc) is 2.80. The number of hydrogen-bond donors (Lipinski definition) is 1. The Hall–Kier alpha value is -1.89. The standard InChI is InChI=1S/C19H25F2NO4/c1-18(2,3)26-17(23)22-11-5-6-12(22)10-19(24,9-11)13-7-14(20)15(21)8-16(13)25-4/h7-8,11-12,24H,5-6,9-10H2,1-4H3. The number of carbonyl (C=O) groups is 1. The van der Waals surface area contributed by atoms with Crippen molar-refractivity contribution in [1.29, 1.82) is 0 Å². The van der Waals surface area contributed by atoms with Gasteiger partial charge in [-0.25, -0.2) is 13.6 Å². The number of fused-ring (bicyclic) bond motifs is 2. The highest BCUT2D eigenvalue weighted by molar-refractivity contribution is 5.70. The fourth-order valence-corrected chi connectivity index (χ4v) is 4.12. The topological polar surface area (TPSA) is 59.0 Å². The van der Waals surface area contributed by atoms with E-state index in [0.29, 0.717) is 0 Å². The molecular formula is C19H25F2NO4. The molecule has 1 N–H and O–H groups in total. The van der Waals surface area contributed by atoms with Crippen molar-refractivity contribution >= 4 is 6.09 Å². The largest absolute Gasteiger partial charge is 0.496 e. The van der Waals surface area contributed by atoms with E-state index >= 15 is 0 Å². The van der Waals surface area contributed by atoms with E-state index in [1.165, 1.54) is 7.11 Å². The maximum absolute atomic E-state index is 13.8. The lowest BCUT2D eigenvalue weighted by molar-refractivity contribution is -0.0635. The Balaban J connectivity index is 1.88. The minimum Gasteiger partial charge on any atom is -0.496 e. The Morgan fingerprint density at radius 1 is 1.19 bits per heavy atom. The minimum absolute atomic E-state index is 0.108. The van der Waals surface area contributed by atoms with Crippen molar-refractivity contribution < 1.29 is 28.2 Å². The lowest BCUT2D eigenvalue weighted by Crippen LogP contribution is -2.53. The van der Waals surface area contributed by atoms with E-state index in [1.54, 1.807) is 25.7 Å². The summed E-state index contributed by atoms with van der Waals surface area (Å²) in [5.74, 6) is -1.95. The molecule has 2 bridgehead atoms. The predicted octanol–water partition coefficient (Wildman–Crippen LogP) is 3.72. The van der Waals surface area contributed by atoms with Crippen LogP contribution >= 0.6 is 0 Å². The van der Waals surface area contributed by atoms with Gasteiger partial charge in [-0.1, -0.05) is 0 Å². The van der Waals surface area contributed by atoms with Crippen LogP contribution in [-0.4, -0.2) is 40.9 Å². The number of rotatable bonds is 2. The van der Waals surface area contributed by atoms with E-state index in [4.69, 9.17) is 9.47 Å². The summed E-state index contributed by atoms with van der Waals surface area (Å²) >= 11 is 0. The van der Waals surface area contributed by atoms with Crippen LogP contribution in [0.15, 0.2) is 12.1 Å². The van der Waals surface area contributed by atoms with E-state index < -0.39 is 28.9 Å². The summed E-state index contributed by atoms with van der Waals surface area (Å²) < 4.78 is 38.0. The Labute approximate surface area is 151 Å². The fraction of sp³-hybridized carbons (Fsp3) is 0.632. The smallest absolute Gasteiger partial charge is 0.410 e. The third kappa shape index (κ3) is 3.37. The summed E-state index contributed by atoms with van der Waals surface area (Å²) in [6.07, 6.45) is 1.52. The Bertz CT molecular complexity index is 702. The molecule has 2 aliphatic rings. The molecule has 1 amide bonds. The van der Waals surface area contributed by atoms with Crippen LogP contribution in [0.4, 0.5) is 13.6 Å². The summed E-state index contributed by atoms with van der Waals surface area (Å²) in [6, 6.07) is 1.51. The lowest BCUT2D eigenvalue weighted by atomic mass is 9.80. The monoisotopic (exact) mass is 369 g/mol. The number of ether oxygens (including phenoxy) is 2. The van der Waals surface area contributed by atoms with Gasteiger partial charge >= 0.3 is 6.09 Å². The Kier molecular flexibility index (Phi) is 4.63. The van der Waals surface area contributed by atoms with Crippen molar-refractivity contribution in [3.63, 3.8) is 0 Å². The highest BCUT2D eigenvalue weighted by Crippen LogP contribution is 2.48. The molecule has 0 saturated carbocycles. The zero-order valence-electron chi connectivity index (χ0n) is 15.5. The van der Waals surface area contributed by atoms with Crippen LogP contribution in [0.2, 0.25) is 0 Å². The summed E-state index contributed by atoms with van der Waals surface area (Å²) in [7, 11) is 1.35. The number of amides is 1. The molecule has 1 aromatic rings. The van der Waals surface area contributed by atoms with E-state index in [1.807, 2.05) is 0 Å². The number of carbonyl (C=O) groups excluding carboxylic acids is 1. The molecule has 2 aliphatic heterocycles. The summed E-state index contributed by atoms with van der Waals surface area (Å²) in [5.41, 5.74) is -1.77. The second-order valence-electron chi connectivity index (χ2n) is 8.18. The van der Waals surface area contributed by atoms with E-state index in [0.717, 1.165) is 25.0 Å². The van der Waals surface area contributed by atoms with E-state index in [2.05, 4.69) is 0 Å². The van der Waals surface area contributed by atoms with E-state index in [-0.39, 0.29) is 36.2 Å². The second-order valence-corrected chi connectivity index (χ2v) is 8.18. The average molecular weight is 369 g/mol. The first-order valence-corrected chi connectivity index (χ1v) is 8.81. The van der Waals surface area contributed by atoms with E-state index in [9.17, 15) is 18.7 Å². The van der Waals surface area contributed by atoms with Crippen LogP contribution in [0.3, 0.4) is 0 Å². The molecule has 3 rings (SSSR count). The van der Waals surface area contributed by atoms with Crippen molar-refractivity contribution in [3.05, 3.63) is 29.3 Å². The Morgan fingerprint density at radius 3 is 2.23 bits per heavy atom. The zero-order valence-corrected chi connectivity index (χ0v) is 15.5. The molecule has 5 nitrogen and oxygen atoms in total. The number of piperidine rings is 1. The second kappa shape index (κ2) is 6.37. The van der Waals surface area contributed by atoms with Crippen molar-refractivity contribution in [2.75, 3.05) is 7.11 Å². The van der Waals surface area contributed by atoms with Gasteiger partial charge in [0.15, 0.2) is 11.6 Å². The van der Waals surface area contributed by atoms with Crippen LogP contribution in [0.5, 0.6) is 5.75 Å². The quantitative estimate of drug-likeness (QED) is 0.863. The molecular weight excluding hydrogens is 344 g/mol. The number of benzene rings is 1. The number of halogens is 2. The Morgan fingerprint density at radius 2 is 1.73 bits per heavy atom. The van der Waals surface area contributed by atoms with Crippen molar-refractivity contribution in [3.8, 4) is 5.75 Å². The maximum atomic E-state index is 13.8. The molecule has 26 heavy (non-hydrogen) atoms. The van der Waals surface area contributed by atoms with Gasteiger partial charge in [0.1, 0.15) is 11.4 Å². The number of aliphatic hydroxyl groups is 1. The van der Waals surface area contributed by atoms with Crippen LogP contribution in [-0.2, 0) is 10.3 Å². The minimum atomic E-state index is -1.38. The molecule has 144 valence electrons. The van der Waals surface area contributed by atoms with Crippen LogP contribution < -0.4 is 4.74 Å². The normalized spacial score (nSPS) is 28.2. The molecule has 0 aliphatic carbocycles. The SMILES string of the molecule is COc1cc(F)c(F)cc1C1(O)CC2CCC(C1)N2C(=O)OC(C)(C)C. The van der Waals surface area contributed by atoms with Crippen LogP contribution in [0.25, 0.3) is 0 Å². The highest BCUT2D eigenvalue weighted by atomic mass is 19.2. The molecule has 2 unspecified atom stereocenters.